The molecule has 2 aliphatic rings. The van der Waals surface area contributed by atoms with Crippen molar-refractivity contribution >= 4 is 28.7 Å². The monoisotopic (exact) mass is 286 g/mol. The normalized spacial score (nSPS) is 30.1. The highest BCUT2D eigenvalue weighted by molar-refractivity contribution is 8.13. The minimum absolute atomic E-state index is 0.437. The first kappa shape index (κ1) is 14.6. The highest BCUT2D eigenvalue weighted by Gasteiger charge is 2.31. The lowest BCUT2D eigenvalue weighted by Crippen LogP contribution is -2.39. The molecule has 0 spiro atoms. The van der Waals surface area contributed by atoms with E-state index in [0.717, 1.165) is 6.54 Å². The Bertz CT molecular complexity index is 286. The van der Waals surface area contributed by atoms with Crippen LogP contribution in [0.5, 0.6) is 0 Å². The number of thioether (sulfide) groups is 2. The first-order chi connectivity index (χ1) is 8.78. The van der Waals surface area contributed by atoms with Crippen molar-refractivity contribution in [2.75, 3.05) is 18.6 Å². The van der Waals surface area contributed by atoms with Crippen LogP contribution in [0.1, 0.15) is 51.9 Å². The summed E-state index contributed by atoms with van der Waals surface area (Å²) in [7, 11) is 0. The van der Waals surface area contributed by atoms with Gasteiger partial charge in [-0.25, -0.2) is 0 Å². The van der Waals surface area contributed by atoms with E-state index in [-0.39, 0.29) is 0 Å². The average Bonchev–Trinajstić information content (AvgIpc) is 2.46. The lowest BCUT2D eigenvalue weighted by Gasteiger charge is -2.35. The van der Waals surface area contributed by atoms with Crippen molar-refractivity contribution < 1.29 is 0 Å². The van der Waals surface area contributed by atoms with E-state index >= 15 is 0 Å². The maximum atomic E-state index is 4.90. The molecular formula is C14H26N2S2. The third-order valence-corrected chi connectivity index (χ3v) is 6.60. The SMILES string of the molecule is CCC1CCSC(=NCC2(SC)CCCCC2)N1. The van der Waals surface area contributed by atoms with Gasteiger partial charge in [0.2, 0.25) is 0 Å². The summed E-state index contributed by atoms with van der Waals surface area (Å²) in [5.41, 5.74) is 0. The Balaban J connectivity index is 1.91. The lowest BCUT2D eigenvalue weighted by molar-refractivity contribution is 0.405. The minimum Gasteiger partial charge on any atom is -0.362 e. The lowest BCUT2D eigenvalue weighted by atomic mass is 9.88. The maximum absolute atomic E-state index is 4.90. The molecule has 1 unspecified atom stereocenters. The second-order valence-corrected chi connectivity index (χ2v) is 7.81. The van der Waals surface area contributed by atoms with Gasteiger partial charge in [-0.2, -0.15) is 11.8 Å². The minimum atomic E-state index is 0.437. The van der Waals surface area contributed by atoms with Crippen LogP contribution in [-0.2, 0) is 0 Å². The third kappa shape index (κ3) is 3.83. The molecule has 0 aromatic rings. The molecule has 1 atom stereocenters. The molecule has 0 radical (unpaired) electrons. The van der Waals surface area contributed by atoms with Crippen LogP contribution in [0.4, 0.5) is 0 Å². The number of hydrogen-bond donors (Lipinski definition) is 1. The Morgan fingerprint density at radius 2 is 2.17 bits per heavy atom. The van der Waals surface area contributed by atoms with E-state index in [2.05, 4.69) is 18.5 Å². The van der Waals surface area contributed by atoms with Gasteiger partial charge in [-0.15, -0.1) is 0 Å². The van der Waals surface area contributed by atoms with Crippen molar-refractivity contribution in [3.05, 3.63) is 0 Å². The van der Waals surface area contributed by atoms with Crippen molar-refractivity contribution in [1.82, 2.24) is 5.32 Å². The van der Waals surface area contributed by atoms with Crippen LogP contribution in [0.25, 0.3) is 0 Å². The molecule has 2 fully saturated rings. The van der Waals surface area contributed by atoms with E-state index in [1.165, 1.54) is 55.9 Å². The number of aliphatic imine (C=N–C) groups is 1. The van der Waals surface area contributed by atoms with E-state index in [9.17, 15) is 0 Å². The summed E-state index contributed by atoms with van der Waals surface area (Å²) in [6.45, 7) is 3.27. The van der Waals surface area contributed by atoms with E-state index in [1.807, 2.05) is 23.5 Å². The van der Waals surface area contributed by atoms with E-state index < -0.39 is 0 Å². The molecule has 1 aliphatic carbocycles. The van der Waals surface area contributed by atoms with Crippen LogP contribution in [-0.4, -0.2) is 34.5 Å². The Hall–Kier alpha value is 0.170. The molecule has 0 aromatic carbocycles. The van der Waals surface area contributed by atoms with Gasteiger partial charge in [-0.1, -0.05) is 37.9 Å². The zero-order valence-electron chi connectivity index (χ0n) is 11.7. The third-order valence-electron chi connectivity index (χ3n) is 4.23. The van der Waals surface area contributed by atoms with E-state index in [4.69, 9.17) is 4.99 Å². The van der Waals surface area contributed by atoms with Gasteiger partial charge in [0.15, 0.2) is 5.17 Å². The predicted octanol–water partition coefficient (Wildman–Crippen LogP) is 3.91. The van der Waals surface area contributed by atoms with Gasteiger partial charge in [-0.3, -0.25) is 4.99 Å². The van der Waals surface area contributed by atoms with Crippen LogP contribution >= 0.6 is 23.5 Å². The summed E-state index contributed by atoms with van der Waals surface area (Å²) in [5, 5.41) is 4.79. The van der Waals surface area contributed by atoms with Gasteiger partial charge in [-0.05, 0) is 31.9 Å². The van der Waals surface area contributed by atoms with Crippen LogP contribution < -0.4 is 5.32 Å². The zero-order valence-corrected chi connectivity index (χ0v) is 13.3. The molecule has 18 heavy (non-hydrogen) atoms. The first-order valence-corrected chi connectivity index (χ1v) is 9.48. The van der Waals surface area contributed by atoms with E-state index in [1.54, 1.807) is 0 Å². The largest absolute Gasteiger partial charge is 0.362 e. The predicted molar refractivity (Wildman–Crippen MR) is 85.9 cm³/mol. The second-order valence-electron chi connectivity index (χ2n) is 5.46. The Labute approximate surface area is 120 Å². The number of rotatable bonds is 4. The fraction of sp³-hybridized carbons (Fsp3) is 0.929. The quantitative estimate of drug-likeness (QED) is 0.848. The fourth-order valence-electron chi connectivity index (χ4n) is 2.82. The topological polar surface area (TPSA) is 24.4 Å². The van der Waals surface area contributed by atoms with Crippen molar-refractivity contribution in [3.8, 4) is 0 Å². The summed E-state index contributed by atoms with van der Waals surface area (Å²) in [6.07, 6.45) is 11.7. The Morgan fingerprint density at radius 1 is 1.39 bits per heavy atom. The van der Waals surface area contributed by atoms with Crippen LogP contribution in [0.15, 0.2) is 4.99 Å². The molecule has 2 nitrogen and oxygen atoms in total. The van der Waals surface area contributed by atoms with Gasteiger partial charge in [0, 0.05) is 16.5 Å². The molecule has 1 aliphatic heterocycles. The van der Waals surface area contributed by atoms with Gasteiger partial charge in [0.25, 0.3) is 0 Å². The Kier molecular flexibility index (Phi) is 5.74. The Morgan fingerprint density at radius 3 is 2.83 bits per heavy atom. The highest BCUT2D eigenvalue weighted by Crippen LogP contribution is 2.39. The van der Waals surface area contributed by atoms with E-state index in [0.29, 0.717) is 10.8 Å². The summed E-state index contributed by atoms with van der Waals surface area (Å²) >= 11 is 3.95. The number of nitrogens with one attached hydrogen (secondary N) is 1. The van der Waals surface area contributed by atoms with Gasteiger partial charge >= 0.3 is 0 Å². The first-order valence-electron chi connectivity index (χ1n) is 7.27. The molecule has 0 amide bonds. The summed E-state index contributed by atoms with van der Waals surface area (Å²) in [4.78, 5) is 4.90. The zero-order chi connectivity index (χ0) is 12.8. The summed E-state index contributed by atoms with van der Waals surface area (Å²) < 4.78 is 0.437. The second kappa shape index (κ2) is 7.09. The van der Waals surface area contributed by atoms with Gasteiger partial charge in [0.05, 0.1) is 6.54 Å². The van der Waals surface area contributed by atoms with Crippen molar-refractivity contribution in [3.63, 3.8) is 0 Å². The van der Waals surface area contributed by atoms with Crippen molar-refractivity contribution in [2.24, 2.45) is 4.99 Å². The molecule has 2 rings (SSSR count). The molecule has 4 heteroatoms. The molecule has 1 saturated heterocycles. The smallest absolute Gasteiger partial charge is 0.156 e. The number of hydrogen-bond acceptors (Lipinski definition) is 3. The fourth-order valence-corrected chi connectivity index (χ4v) is 4.71. The summed E-state index contributed by atoms with van der Waals surface area (Å²) in [5.74, 6) is 1.23. The van der Waals surface area contributed by atoms with Crippen molar-refractivity contribution in [1.29, 1.82) is 0 Å². The molecule has 1 heterocycles. The van der Waals surface area contributed by atoms with Crippen LogP contribution in [0.3, 0.4) is 0 Å². The van der Waals surface area contributed by atoms with Crippen LogP contribution in [0, 0.1) is 0 Å². The van der Waals surface area contributed by atoms with Gasteiger partial charge in [0.1, 0.15) is 0 Å². The average molecular weight is 287 g/mol. The molecular weight excluding hydrogens is 260 g/mol. The van der Waals surface area contributed by atoms with Crippen LogP contribution in [0.2, 0.25) is 0 Å². The van der Waals surface area contributed by atoms with Gasteiger partial charge < -0.3 is 5.32 Å². The molecule has 104 valence electrons. The standard InChI is InChI=1S/C14H26N2S2/c1-3-12-7-10-18-13(16-12)15-11-14(17-2)8-5-4-6-9-14/h12H,3-11H2,1-2H3,(H,15,16). The highest BCUT2D eigenvalue weighted by atomic mass is 32.2. The molecule has 1 N–H and O–H groups in total. The van der Waals surface area contributed by atoms with Crippen molar-refractivity contribution in [2.45, 2.75) is 62.7 Å². The molecule has 1 saturated carbocycles. The number of nitrogens with zero attached hydrogens (tertiary/aromatic N) is 1. The summed E-state index contributed by atoms with van der Waals surface area (Å²) in [6, 6.07) is 0.654. The molecule has 0 aromatic heterocycles. The number of amidine groups is 1. The molecule has 0 bridgehead atoms. The maximum Gasteiger partial charge on any atom is 0.156 e.